The van der Waals surface area contributed by atoms with E-state index >= 15 is 0 Å². The van der Waals surface area contributed by atoms with E-state index in [0.717, 1.165) is 44.8 Å². The minimum absolute atomic E-state index is 0.0260. The molecule has 4 fully saturated rings. The molecule has 1 heterocycles. The van der Waals surface area contributed by atoms with Gasteiger partial charge >= 0.3 is 5.97 Å². The Bertz CT molecular complexity index is 1230. The monoisotopic (exact) mass is 624 g/mol. The molecule has 0 amide bonds. The lowest BCUT2D eigenvalue weighted by Crippen LogP contribution is -2.70. The quantitative estimate of drug-likeness (QED) is 0.191. The number of hydrogen-bond donors (Lipinski definition) is 1. The van der Waals surface area contributed by atoms with E-state index in [4.69, 9.17) is 18.4 Å². The summed E-state index contributed by atoms with van der Waals surface area (Å²) in [6, 6.07) is 0. The van der Waals surface area contributed by atoms with Gasteiger partial charge in [0.05, 0.1) is 50.8 Å². The third-order valence-corrected chi connectivity index (χ3v) is 14.6. The summed E-state index contributed by atoms with van der Waals surface area (Å²) in [7, 11) is -1.79. The van der Waals surface area contributed by atoms with E-state index in [1.54, 1.807) is 7.11 Å². The van der Waals surface area contributed by atoms with Crippen LogP contribution in [0.5, 0.6) is 0 Å². The van der Waals surface area contributed by atoms with Crippen molar-refractivity contribution >= 4 is 16.1 Å². The van der Waals surface area contributed by atoms with E-state index in [9.17, 15) is 18.3 Å². The van der Waals surface area contributed by atoms with Gasteiger partial charge in [-0.25, -0.2) is 0 Å². The van der Waals surface area contributed by atoms with Crippen LogP contribution >= 0.6 is 0 Å². The van der Waals surface area contributed by atoms with Gasteiger partial charge in [0.25, 0.3) is 10.1 Å². The maximum absolute atomic E-state index is 13.3. The fraction of sp³-hybridized carbons (Fsp3) is 0.912. The number of methoxy groups -OCH3 is 1. The van der Waals surface area contributed by atoms with Gasteiger partial charge in [-0.05, 0) is 78.4 Å². The van der Waals surface area contributed by atoms with Crippen molar-refractivity contribution in [2.75, 3.05) is 39.8 Å². The van der Waals surface area contributed by atoms with Crippen molar-refractivity contribution in [2.45, 2.75) is 99.2 Å². The topological polar surface area (TPSA) is 108 Å². The lowest BCUT2D eigenvalue weighted by atomic mass is 9.34. The predicted molar refractivity (Wildman–Crippen MR) is 165 cm³/mol. The SMILES string of the molecule is CO[C@@H]1C[C@]23COC[C@](C)([C@@H]2CC[C@H]2C3=CC[C@@]3(C)[C@H](C(=O)O)[C@@](C)([C@H](C)C(C)C)CC[C@]23C)[C@H]1OCCOS(C)(=O)=O. The van der Waals surface area contributed by atoms with Crippen molar-refractivity contribution < 1.29 is 36.7 Å². The van der Waals surface area contributed by atoms with E-state index in [1.165, 1.54) is 5.57 Å². The molecule has 11 atom stereocenters. The summed E-state index contributed by atoms with van der Waals surface area (Å²) >= 11 is 0. The number of fused-ring (bicyclic) bond motifs is 3. The normalized spacial score (nSPS) is 46.7. The molecule has 3 saturated carbocycles. The number of carboxylic acid groups (broad SMARTS) is 1. The third kappa shape index (κ3) is 4.88. The predicted octanol–water partition coefficient (Wildman–Crippen LogP) is 5.95. The standard InChI is InChI=1S/C34H56O8S/c1-21(2)22(3)30(4)14-15-32(6)23-10-11-26-31(5)19-40-20-34(26,24(23)12-13-33(32,7)27(30)29(35)36)18-25(39-8)28(31)41-16-17-42-43(9,37)38/h12,21-23,25-28H,10-11,13-20H2,1-9H3,(H,35,36)/t22-,23+,25-,26+,27-,28+,30-,31-,32-,33+,34-/m1/s1. The summed E-state index contributed by atoms with van der Waals surface area (Å²) in [5, 5.41) is 10.9. The third-order valence-electron chi connectivity index (χ3n) is 14.1. The molecule has 1 saturated heterocycles. The van der Waals surface area contributed by atoms with Gasteiger partial charge in [0.1, 0.15) is 0 Å². The van der Waals surface area contributed by atoms with Crippen LogP contribution in [0.2, 0.25) is 0 Å². The molecule has 5 aliphatic rings. The van der Waals surface area contributed by atoms with E-state index in [2.05, 4.69) is 54.5 Å². The number of carboxylic acids is 1. The van der Waals surface area contributed by atoms with Crippen LogP contribution in [0.4, 0.5) is 0 Å². The highest BCUT2D eigenvalue weighted by molar-refractivity contribution is 7.85. The van der Waals surface area contributed by atoms with Crippen LogP contribution in [0.1, 0.15) is 87.0 Å². The van der Waals surface area contributed by atoms with E-state index in [1.807, 2.05) is 0 Å². The number of rotatable bonds is 9. The summed E-state index contributed by atoms with van der Waals surface area (Å²) in [5.41, 5.74) is 0.222. The molecule has 2 bridgehead atoms. The lowest BCUT2D eigenvalue weighted by Gasteiger charge is -2.71. The van der Waals surface area contributed by atoms with Crippen molar-refractivity contribution in [1.82, 2.24) is 0 Å². The number of ether oxygens (including phenoxy) is 3. The molecule has 0 aromatic carbocycles. The second-order valence-electron chi connectivity index (χ2n) is 16.1. The van der Waals surface area contributed by atoms with Crippen molar-refractivity contribution in [3.8, 4) is 0 Å². The molecule has 8 nitrogen and oxygen atoms in total. The summed E-state index contributed by atoms with van der Waals surface area (Å²) < 4.78 is 47.0. The minimum Gasteiger partial charge on any atom is -0.481 e. The van der Waals surface area contributed by atoms with Crippen LogP contribution in [0, 0.1) is 56.7 Å². The molecule has 0 radical (unpaired) electrons. The molecule has 0 spiro atoms. The van der Waals surface area contributed by atoms with Crippen LogP contribution in [0.3, 0.4) is 0 Å². The van der Waals surface area contributed by atoms with Gasteiger partial charge in [-0.2, -0.15) is 8.42 Å². The zero-order chi connectivity index (χ0) is 31.8. The van der Waals surface area contributed by atoms with E-state index in [0.29, 0.717) is 36.9 Å². The summed E-state index contributed by atoms with van der Waals surface area (Å²) in [5.74, 6) is 0.304. The average Bonchev–Trinajstić information content (AvgIpc) is 2.91. The van der Waals surface area contributed by atoms with Crippen LogP contribution < -0.4 is 0 Å². The molecule has 0 aromatic rings. The largest absolute Gasteiger partial charge is 0.481 e. The fourth-order valence-corrected chi connectivity index (χ4v) is 11.8. The van der Waals surface area contributed by atoms with E-state index < -0.39 is 22.0 Å². The van der Waals surface area contributed by atoms with Crippen molar-refractivity contribution in [3.63, 3.8) is 0 Å². The molecule has 4 aliphatic carbocycles. The number of aliphatic carboxylic acids is 1. The minimum atomic E-state index is -3.54. The Kier molecular flexibility index (Phi) is 8.59. The first kappa shape index (κ1) is 33.4. The van der Waals surface area contributed by atoms with Crippen molar-refractivity contribution in [2.24, 2.45) is 56.7 Å². The van der Waals surface area contributed by atoms with E-state index in [-0.39, 0.29) is 52.5 Å². The van der Waals surface area contributed by atoms with Gasteiger partial charge < -0.3 is 19.3 Å². The molecular weight excluding hydrogens is 568 g/mol. The van der Waals surface area contributed by atoms with Gasteiger partial charge in [-0.1, -0.05) is 60.1 Å². The molecule has 1 N–H and O–H groups in total. The first-order chi connectivity index (χ1) is 19.9. The van der Waals surface area contributed by atoms with Gasteiger partial charge in [0.15, 0.2) is 0 Å². The van der Waals surface area contributed by atoms with Gasteiger partial charge in [-0.3, -0.25) is 8.98 Å². The Balaban J connectivity index is 1.51. The second kappa shape index (κ2) is 11.1. The van der Waals surface area contributed by atoms with Crippen LogP contribution in [-0.2, 0) is 33.3 Å². The lowest BCUT2D eigenvalue weighted by molar-refractivity contribution is -0.267. The van der Waals surface area contributed by atoms with Crippen molar-refractivity contribution in [3.05, 3.63) is 11.6 Å². The number of carbonyl (C=O) groups is 1. The molecule has 5 rings (SSSR count). The van der Waals surface area contributed by atoms with Crippen molar-refractivity contribution in [1.29, 1.82) is 0 Å². The Morgan fingerprint density at radius 2 is 1.77 bits per heavy atom. The Labute approximate surface area is 259 Å². The summed E-state index contributed by atoms with van der Waals surface area (Å²) in [6.07, 6.45) is 8.64. The molecule has 1 aliphatic heterocycles. The first-order valence-corrected chi connectivity index (χ1v) is 18.2. The molecule has 246 valence electrons. The Morgan fingerprint density at radius 1 is 1.07 bits per heavy atom. The Hall–Kier alpha value is -1.00. The van der Waals surface area contributed by atoms with Crippen LogP contribution in [0.15, 0.2) is 11.6 Å². The molecule has 43 heavy (non-hydrogen) atoms. The van der Waals surface area contributed by atoms with Gasteiger partial charge in [0.2, 0.25) is 0 Å². The van der Waals surface area contributed by atoms with Crippen LogP contribution in [-0.4, -0.2) is 71.5 Å². The molecule has 9 heteroatoms. The highest BCUT2D eigenvalue weighted by atomic mass is 32.2. The summed E-state index contributed by atoms with van der Waals surface area (Å²) in [4.78, 5) is 13.3. The maximum atomic E-state index is 13.3. The fourth-order valence-electron chi connectivity index (χ4n) is 11.4. The first-order valence-electron chi connectivity index (χ1n) is 16.4. The Morgan fingerprint density at radius 3 is 2.37 bits per heavy atom. The van der Waals surface area contributed by atoms with Gasteiger partial charge in [-0.15, -0.1) is 0 Å². The zero-order valence-corrected chi connectivity index (χ0v) is 28.7. The average molecular weight is 625 g/mol. The second-order valence-corrected chi connectivity index (χ2v) is 17.8. The maximum Gasteiger partial charge on any atom is 0.307 e. The zero-order valence-electron chi connectivity index (χ0n) is 27.9. The highest BCUT2D eigenvalue weighted by Gasteiger charge is 2.71. The molecule has 0 aromatic heterocycles. The summed E-state index contributed by atoms with van der Waals surface area (Å²) in [6.45, 7) is 17.3. The number of hydrogen-bond acceptors (Lipinski definition) is 7. The van der Waals surface area contributed by atoms with Gasteiger partial charge in [0, 0.05) is 17.9 Å². The van der Waals surface area contributed by atoms with Crippen LogP contribution in [0.25, 0.3) is 0 Å². The molecular formula is C34H56O8S. The number of allylic oxidation sites excluding steroid dienone is 1. The smallest absolute Gasteiger partial charge is 0.307 e. The molecule has 0 unspecified atom stereocenters. The highest BCUT2D eigenvalue weighted by Crippen LogP contribution is 2.75.